The average Bonchev–Trinajstić information content (AvgIpc) is 3.16. The van der Waals surface area contributed by atoms with Crippen molar-refractivity contribution < 1.29 is 14.3 Å². The van der Waals surface area contributed by atoms with Gasteiger partial charge in [0.05, 0.1) is 0 Å². The Morgan fingerprint density at radius 2 is 1.67 bits per heavy atom. The van der Waals surface area contributed by atoms with Crippen LogP contribution in [-0.4, -0.2) is 30.8 Å². The summed E-state index contributed by atoms with van der Waals surface area (Å²) in [6.45, 7) is 4.12. The molecule has 2 aromatic rings. The molecule has 2 aliphatic heterocycles. The molecule has 2 amide bonds. The molecule has 0 unspecified atom stereocenters. The third kappa shape index (κ3) is 4.71. The summed E-state index contributed by atoms with van der Waals surface area (Å²) in [5.74, 6) is 1.35. The van der Waals surface area contributed by atoms with Crippen molar-refractivity contribution in [1.82, 2.24) is 10.2 Å². The Kier molecular flexibility index (Phi) is 5.44. The first-order valence-corrected chi connectivity index (χ1v) is 9.51. The van der Waals surface area contributed by atoms with Gasteiger partial charge in [-0.3, -0.25) is 4.90 Å². The lowest BCUT2D eigenvalue weighted by molar-refractivity contribution is 0.174. The number of rotatable bonds is 5. The molecule has 1 fully saturated rings. The minimum absolute atomic E-state index is 0.221. The van der Waals surface area contributed by atoms with Gasteiger partial charge < -0.3 is 20.1 Å². The van der Waals surface area contributed by atoms with Gasteiger partial charge in [-0.2, -0.15) is 0 Å². The van der Waals surface area contributed by atoms with E-state index in [1.807, 2.05) is 0 Å². The lowest BCUT2D eigenvalue weighted by atomic mass is 10.1. The van der Waals surface area contributed by atoms with Crippen LogP contribution in [-0.2, 0) is 13.1 Å². The molecule has 2 aromatic carbocycles. The van der Waals surface area contributed by atoms with E-state index in [0.29, 0.717) is 23.7 Å². The van der Waals surface area contributed by atoms with Crippen LogP contribution in [0, 0.1) is 0 Å². The minimum atomic E-state index is -0.244. The Balaban J connectivity index is 1.25. The molecule has 0 aromatic heterocycles. The van der Waals surface area contributed by atoms with Crippen LogP contribution >= 0.6 is 0 Å². The highest BCUT2D eigenvalue weighted by Crippen LogP contribution is 2.34. The number of nitrogens with zero attached hydrogens (tertiary/aromatic N) is 1. The molecule has 142 valence electrons. The smallest absolute Gasteiger partial charge is 0.319 e. The van der Waals surface area contributed by atoms with Crippen molar-refractivity contribution in [2.45, 2.75) is 32.4 Å². The molecule has 2 heterocycles. The number of ether oxygens (including phenoxy) is 2. The third-order valence-electron chi connectivity index (χ3n) is 4.96. The Morgan fingerprint density at radius 3 is 2.48 bits per heavy atom. The van der Waals surface area contributed by atoms with E-state index in [2.05, 4.69) is 39.8 Å². The van der Waals surface area contributed by atoms with Crippen LogP contribution < -0.4 is 20.1 Å². The molecule has 2 aliphatic rings. The molecule has 0 spiro atoms. The van der Waals surface area contributed by atoms with E-state index in [0.717, 1.165) is 12.1 Å². The summed E-state index contributed by atoms with van der Waals surface area (Å²) in [5, 5.41) is 5.70. The normalized spacial score (nSPS) is 16.1. The molecule has 0 atom stereocenters. The zero-order chi connectivity index (χ0) is 18.5. The Hall–Kier alpha value is -2.73. The second-order valence-electron chi connectivity index (χ2n) is 7.03. The van der Waals surface area contributed by atoms with Crippen molar-refractivity contribution in [3.8, 4) is 11.5 Å². The molecular formula is C21H25N3O3. The zero-order valence-electron chi connectivity index (χ0n) is 15.4. The van der Waals surface area contributed by atoms with Crippen LogP contribution in [0.5, 0.6) is 11.5 Å². The number of likely N-dealkylation sites (tertiary alicyclic amines) is 1. The molecule has 4 rings (SSSR count). The number of carbonyl (C=O) groups excluding carboxylic acids is 1. The van der Waals surface area contributed by atoms with Gasteiger partial charge in [-0.25, -0.2) is 4.79 Å². The van der Waals surface area contributed by atoms with E-state index in [-0.39, 0.29) is 12.8 Å². The van der Waals surface area contributed by atoms with Gasteiger partial charge >= 0.3 is 6.03 Å². The fourth-order valence-electron chi connectivity index (χ4n) is 3.47. The van der Waals surface area contributed by atoms with Crippen LogP contribution in [0.3, 0.4) is 0 Å². The number of amides is 2. The highest BCUT2D eigenvalue weighted by molar-refractivity contribution is 5.89. The van der Waals surface area contributed by atoms with Crippen LogP contribution in [0.25, 0.3) is 0 Å². The molecule has 6 heteroatoms. The highest BCUT2D eigenvalue weighted by Gasteiger charge is 2.14. The van der Waals surface area contributed by atoms with Crippen molar-refractivity contribution in [2.24, 2.45) is 0 Å². The van der Waals surface area contributed by atoms with Crippen LogP contribution in [0.2, 0.25) is 0 Å². The number of piperidine rings is 1. The lowest BCUT2D eigenvalue weighted by Gasteiger charge is -2.26. The van der Waals surface area contributed by atoms with Gasteiger partial charge in [0.15, 0.2) is 11.5 Å². The summed E-state index contributed by atoms with van der Waals surface area (Å²) >= 11 is 0. The standard InChI is InChI=1S/C21H25N3O3/c25-21(23-18-8-9-19-20(12-18)27-15-26-19)22-13-16-4-6-17(7-5-16)14-24-10-2-1-3-11-24/h4-9,12H,1-3,10-11,13-15H2,(H2,22,23,25). The molecular weight excluding hydrogens is 342 g/mol. The quantitative estimate of drug-likeness (QED) is 0.845. The van der Waals surface area contributed by atoms with E-state index < -0.39 is 0 Å². The van der Waals surface area contributed by atoms with E-state index in [1.54, 1.807) is 18.2 Å². The lowest BCUT2D eigenvalue weighted by Crippen LogP contribution is -2.29. The number of carbonyl (C=O) groups is 1. The first-order valence-electron chi connectivity index (χ1n) is 9.51. The molecule has 27 heavy (non-hydrogen) atoms. The molecule has 2 N–H and O–H groups in total. The van der Waals surface area contributed by atoms with E-state index in [9.17, 15) is 4.79 Å². The van der Waals surface area contributed by atoms with Gasteiger partial charge in [0, 0.05) is 24.8 Å². The maximum Gasteiger partial charge on any atom is 0.319 e. The van der Waals surface area contributed by atoms with Crippen molar-refractivity contribution in [1.29, 1.82) is 0 Å². The Morgan fingerprint density at radius 1 is 0.926 bits per heavy atom. The van der Waals surface area contributed by atoms with E-state index in [1.165, 1.54) is 37.9 Å². The summed E-state index contributed by atoms with van der Waals surface area (Å²) in [6.07, 6.45) is 3.97. The summed E-state index contributed by atoms with van der Waals surface area (Å²) in [4.78, 5) is 14.6. The highest BCUT2D eigenvalue weighted by atomic mass is 16.7. The Bertz CT molecular complexity index is 786. The van der Waals surface area contributed by atoms with Gasteiger partial charge in [-0.1, -0.05) is 30.7 Å². The van der Waals surface area contributed by atoms with Crippen molar-refractivity contribution in [3.05, 3.63) is 53.6 Å². The largest absolute Gasteiger partial charge is 0.454 e. The predicted molar refractivity (Wildman–Crippen MR) is 104 cm³/mol. The first-order chi connectivity index (χ1) is 13.3. The van der Waals surface area contributed by atoms with Crippen LogP contribution in [0.15, 0.2) is 42.5 Å². The summed E-state index contributed by atoms with van der Waals surface area (Å²) < 4.78 is 10.6. The van der Waals surface area contributed by atoms with Gasteiger partial charge in [-0.05, 0) is 49.2 Å². The number of fused-ring (bicyclic) bond motifs is 1. The summed E-state index contributed by atoms with van der Waals surface area (Å²) in [5.41, 5.74) is 3.08. The number of benzene rings is 2. The second kappa shape index (κ2) is 8.31. The minimum Gasteiger partial charge on any atom is -0.454 e. The van der Waals surface area contributed by atoms with Crippen molar-refractivity contribution in [2.75, 3.05) is 25.2 Å². The number of nitrogens with one attached hydrogen (secondary N) is 2. The second-order valence-corrected chi connectivity index (χ2v) is 7.03. The predicted octanol–water partition coefficient (Wildman–Crippen LogP) is 3.72. The maximum absolute atomic E-state index is 12.1. The third-order valence-corrected chi connectivity index (χ3v) is 4.96. The molecule has 6 nitrogen and oxygen atoms in total. The molecule has 0 saturated carbocycles. The first kappa shape index (κ1) is 17.7. The van der Waals surface area contributed by atoms with Gasteiger partial charge in [0.2, 0.25) is 6.79 Å². The number of hydrogen-bond acceptors (Lipinski definition) is 4. The summed E-state index contributed by atoms with van der Waals surface area (Å²) in [6, 6.07) is 13.6. The molecule has 0 bridgehead atoms. The fourth-order valence-corrected chi connectivity index (χ4v) is 3.47. The SMILES string of the molecule is O=C(NCc1ccc(CN2CCCCC2)cc1)Nc1ccc2c(c1)OCO2. The number of hydrogen-bond donors (Lipinski definition) is 2. The van der Waals surface area contributed by atoms with Gasteiger partial charge in [0.1, 0.15) is 0 Å². The maximum atomic E-state index is 12.1. The van der Waals surface area contributed by atoms with Crippen molar-refractivity contribution in [3.63, 3.8) is 0 Å². The van der Waals surface area contributed by atoms with Gasteiger partial charge in [-0.15, -0.1) is 0 Å². The zero-order valence-corrected chi connectivity index (χ0v) is 15.4. The van der Waals surface area contributed by atoms with Gasteiger partial charge in [0.25, 0.3) is 0 Å². The van der Waals surface area contributed by atoms with E-state index in [4.69, 9.17) is 9.47 Å². The summed E-state index contributed by atoms with van der Waals surface area (Å²) in [7, 11) is 0. The van der Waals surface area contributed by atoms with Crippen LogP contribution in [0.1, 0.15) is 30.4 Å². The van der Waals surface area contributed by atoms with Crippen LogP contribution in [0.4, 0.5) is 10.5 Å². The number of anilines is 1. The molecule has 0 aliphatic carbocycles. The number of urea groups is 1. The average molecular weight is 367 g/mol. The van der Waals surface area contributed by atoms with E-state index >= 15 is 0 Å². The monoisotopic (exact) mass is 367 g/mol. The molecule has 1 saturated heterocycles. The molecule has 0 radical (unpaired) electrons. The topological polar surface area (TPSA) is 62.8 Å². The fraction of sp³-hybridized carbons (Fsp3) is 0.381. The van der Waals surface area contributed by atoms with Crippen molar-refractivity contribution >= 4 is 11.7 Å². The Labute approximate surface area is 159 Å².